The van der Waals surface area contributed by atoms with Gasteiger partial charge in [-0.25, -0.2) is 9.59 Å². The Bertz CT molecular complexity index is 1180. The first-order chi connectivity index (χ1) is 16.1. The molecule has 0 radical (unpaired) electrons. The van der Waals surface area contributed by atoms with Crippen molar-refractivity contribution in [3.05, 3.63) is 48.5 Å². The Morgan fingerprint density at radius 3 is 2.18 bits per heavy atom. The van der Waals surface area contributed by atoms with E-state index < -0.39 is 34.2 Å². The Labute approximate surface area is 196 Å². The van der Waals surface area contributed by atoms with Gasteiger partial charge in [-0.05, 0) is 30.3 Å². The minimum Gasteiger partial charge on any atom is -0.453 e. The second-order valence-electron chi connectivity index (χ2n) is 6.87. The molecule has 0 aliphatic heterocycles. The lowest BCUT2D eigenvalue weighted by atomic mass is 10.2. The van der Waals surface area contributed by atoms with E-state index in [1.54, 1.807) is 32.0 Å². The summed E-state index contributed by atoms with van der Waals surface area (Å²) in [4.78, 5) is 38.8. The topological polar surface area (TPSA) is 161 Å². The van der Waals surface area contributed by atoms with Crippen LogP contribution in [0.25, 0.3) is 0 Å². The van der Waals surface area contributed by atoms with Gasteiger partial charge in [-0.3, -0.25) is 10.1 Å². The molecule has 0 saturated heterocycles. The van der Waals surface area contributed by atoms with E-state index in [1.165, 1.54) is 24.3 Å². The molecule has 0 spiro atoms. The van der Waals surface area contributed by atoms with Crippen molar-refractivity contribution in [1.82, 2.24) is 5.32 Å². The third-order valence-corrected chi connectivity index (χ3v) is 5.29. The van der Waals surface area contributed by atoms with E-state index in [1.807, 2.05) is 0 Å². The molecule has 0 heterocycles. The van der Waals surface area contributed by atoms with Crippen molar-refractivity contribution in [2.75, 3.05) is 24.9 Å². The normalized spacial score (nSPS) is 11.4. The van der Waals surface area contributed by atoms with E-state index in [4.69, 9.17) is 4.18 Å². The van der Waals surface area contributed by atoms with Gasteiger partial charge in [0.15, 0.2) is 0 Å². The number of aliphatic imine (C=N–C) groups is 1. The van der Waals surface area contributed by atoms with Gasteiger partial charge in [0.25, 0.3) is 0 Å². The minimum atomic E-state index is -4.28. The van der Waals surface area contributed by atoms with Gasteiger partial charge in [0.1, 0.15) is 10.6 Å². The maximum Gasteiger partial charge on any atom is 0.436 e. The molecule has 13 heteroatoms. The van der Waals surface area contributed by atoms with Crippen LogP contribution in [0.3, 0.4) is 0 Å². The molecule has 2 aromatic carbocycles. The first kappa shape index (κ1) is 26.1. The zero-order valence-electron chi connectivity index (χ0n) is 18.8. The van der Waals surface area contributed by atoms with Crippen molar-refractivity contribution in [1.29, 1.82) is 0 Å². The molecule has 0 aromatic heterocycles. The maximum atomic E-state index is 12.8. The van der Waals surface area contributed by atoms with E-state index in [0.29, 0.717) is 0 Å². The number of nitrogens with zero attached hydrogens (tertiary/aromatic N) is 1. The number of amides is 3. The zero-order chi connectivity index (χ0) is 25.3. The fourth-order valence-electron chi connectivity index (χ4n) is 2.32. The van der Waals surface area contributed by atoms with Crippen molar-refractivity contribution in [2.45, 2.75) is 18.7 Å². The molecule has 3 amide bonds. The van der Waals surface area contributed by atoms with Crippen LogP contribution in [0.1, 0.15) is 13.8 Å². The number of carbonyl (C=O) groups excluding carboxylic acids is 3. The number of rotatable bonds is 6. The number of guanidine groups is 1. The van der Waals surface area contributed by atoms with E-state index in [2.05, 4.69) is 30.4 Å². The highest BCUT2D eigenvalue weighted by Crippen LogP contribution is 2.28. The van der Waals surface area contributed by atoms with Gasteiger partial charge >= 0.3 is 22.3 Å². The second-order valence-corrected chi connectivity index (χ2v) is 8.42. The number of hydrogen-bond donors (Lipinski definition) is 3. The summed E-state index contributed by atoms with van der Waals surface area (Å²) in [6.45, 7) is 3.33. The van der Waals surface area contributed by atoms with E-state index >= 15 is 0 Å². The van der Waals surface area contributed by atoms with Gasteiger partial charge in [0.2, 0.25) is 11.9 Å². The van der Waals surface area contributed by atoms with Crippen LogP contribution in [0.15, 0.2) is 58.4 Å². The molecule has 2 aromatic rings. The van der Waals surface area contributed by atoms with E-state index in [0.717, 1.165) is 20.3 Å². The predicted molar refractivity (Wildman–Crippen MR) is 123 cm³/mol. The van der Waals surface area contributed by atoms with E-state index in [9.17, 15) is 22.8 Å². The molecule has 34 heavy (non-hydrogen) atoms. The van der Waals surface area contributed by atoms with Gasteiger partial charge in [0.05, 0.1) is 25.6 Å². The fourth-order valence-corrected chi connectivity index (χ4v) is 3.28. The maximum absolute atomic E-state index is 12.8. The molecule has 0 fully saturated rings. The monoisotopic (exact) mass is 492 g/mol. The first-order valence-corrected chi connectivity index (χ1v) is 11.2. The highest BCUT2D eigenvalue weighted by atomic mass is 32.2. The molecular formula is C21H24N4O8S. The quantitative estimate of drug-likeness (QED) is 0.313. The highest BCUT2D eigenvalue weighted by Gasteiger charge is 2.21. The number of anilines is 2. The van der Waals surface area contributed by atoms with Crippen molar-refractivity contribution in [3.8, 4) is 5.75 Å². The Hall–Kier alpha value is -4.13. The molecule has 0 aliphatic carbocycles. The SMILES string of the molecule is COC(=O)N=C(NC(=O)OC)Nc1cc(S(=O)(=O)Oc2ccccc2)ccc1NC(=O)C(C)C. The Morgan fingerprint density at radius 2 is 1.59 bits per heavy atom. The number of ether oxygens (including phenoxy) is 2. The number of hydrogen-bond acceptors (Lipinski definition) is 8. The van der Waals surface area contributed by atoms with Crippen molar-refractivity contribution in [2.24, 2.45) is 10.9 Å². The minimum absolute atomic E-state index is 0.0224. The number of carbonyl (C=O) groups is 3. The van der Waals surface area contributed by atoms with Crippen LogP contribution in [0.4, 0.5) is 21.0 Å². The van der Waals surface area contributed by atoms with Gasteiger partial charge < -0.3 is 24.3 Å². The lowest BCUT2D eigenvalue weighted by Crippen LogP contribution is -2.37. The smallest absolute Gasteiger partial charge is 0.436 e. The summed E-state index contributed by atoms with van der Waals surface area (Å²) in [7, 11) is -2.12. The molecular weight excluding hydrogens is 468 g/mol. The van der Waals surface area contributed by atoms with E-state index in [-0.39, 0.29) is 27.9 Å². The summed E-state index contributed by atoms with van der Waals surface area (Å²) in [5, 5.41) is 7.39. The van der Waals surface area contributed by atoms with Crippen LogP contribution in [-0.2, 0) is 24.4 Å². The van der Waals surface area contributed by atoms with Crippen LogP contribution >= 0.6 is 0 Å². The molecule has 0 saturated carbocycles. The summed E-state index contributed by atoms with van der Waals surface area (Å²) in [5.74, 6) is -1.12. The summed E-state index contributed by atoms with van der Waals surface area (Å²) in [6, 6.07) is 11.5. The standard InChI is InChI=1S/C21H24N4O8S/c1-13(2)18(26)22-16-11-10-15(34(29,30)33-14-8-6-5-7-9-14)12-17(16)23-19(24-20(27)31-3)25-21(28)32-4/h5-13H,1-4H3,(H,22,26)(H2,23,24,25,27,28). The van der Waals surface area contributed by atoms with Gasteiger partial charge in [0, 0.05) is 5.92 Å². The Morgan fingerprint density at radius 1 is 0.912 bits per heavy atom. The largest absolute Gasteiger partial charge is 0.453 e. The van der Waals surface area contributed by atoms with Crippen LogP contribution in [0.5, 0.6) is 5.75 Å². The lowest BCUT2D eigenvalue weighted by Gasteiger charge is -2.17. The number of para-hydroxylation sites is 1. The van der Waals surface area contributed by atoms with Crippen molar-refractivity contribution in [3.63, 3.8) is 0 Å². The summed E-state index contributed by atoms with van der Waals surface area (Å²) in [6.07, 6.45) is -2.04. The van der Waals surface area contributed by atoms with Crippen molar-refractivity contribution < 1.29 is 36.5 Å². The summed E-state index contributed by atoms with van der Waals surface area (Å²) in [5.41, 5.74) is 0.118. The second kappa shape index (κ2) is 11.7. The van der Waals surface area contributed by atoms with Crippen molar-refractivity contribution >= 4 is 45.5 Å². The third kappa shape index (κ3) is 7.48. The molecule has 182 valence electrons. The summed E-state index contributed by atoms with van der Waals surface area (Å²) < 4.78 is 39.7. The number of alkyl carbamates (subject to hydrolysis) is 1. The van der Waals surface area contributed by atoms with Gasteiger partial charge in [-0.15, -0.1) is 4.99 Å². The number of nitrogens with one attached hydrogen (secondary N) is 3. The zero-order valence-corrected chi connectivity index (χ0v) is 19.6. The van der Waals surface area contributed by atoms with Crippen LogP contribution in [-0.4, -0.2) is 46.7 Å². The van der Waals surface area contributed by atoms with Gasteiger partial charge in [-0.2, -0.15) is 8.42 Å². The molecule has 0 atom stereocenters. The highest BCUT2D eigenvalue weighted by molar-refractivity contribution is 7.87. The fraction of sp³-hybridized carbons (Fsp3) is 0.238. The summed E-state index contributed by atoms with van der Waals surface area (Å²) >= 11 is 0. The first-order valence-electron chi connectivity index (χ1n) is 9.78. The molecule has 0 aliphatic rings. The van der Waals surface area contributed by atoms with Crippen LogP contribution in [0.2, 0.25) is 0 Å². The van der Waals surface area contributed by atoms with Crippen LogP contribution < -0.4 is 20.1 Å². The van der Waals surface area contributed by atoms with Gasteiger partial charge in [-0.1, -0.05) is 32.0 Å². The lowest BCUT2D eigenvalue weighted by molar-refractivity contribution is -0.118. The molecule has 0 unspecified atom stereocenters. The molecule has 12 nitrogen and oxygen atoms in total. The molecule has 2 rings (SSSR count). The molecule has 0 bridgehead atoms. The average molecular weight is 493 g/mol. The van der Waals surface area contributed by atoms with Crippen LogP contribution in [0, 0.1) is 5.92 Å². The average Bonchev–Trinajstić information content (AvgIpc) is 2.79. The molecule has 3 N–H and O–H groups in total. The number of benzene rings is 2. The predicted octanol–water partition coefficient (Wildman–Crippen LogP) is 2.94. The third-order valence-electron chi connectivity index (χ3n) is 4.05. The Kier molecular flexibility index (Phi) is 8.95. The Balaban J connectivity index is 2.51. The number of methoxy groups -OCH3 is 2.